The maximum atomic E-state index is 14.5. The van der Waals surface area contributed by atoms with Crippen LogP contribution in [0, 0.1) is 46.8 Å². The summed E-state index contributed by atoms with van der Waals surface area (Å²) in [6.45, 7) is 2.89. The highest BCUT2D eigenvalue weighted by molar-refractivity contribution is 5.33. The second-order valence-electron chi connectivity index (χ2n) is 8.97. The molecule has 2 aromatic rings. The number of rotatable bonds is 5. The monoisotopic (exact) mass is 492 g/mol. The number of ether oxygens (including phenoxy) is 3. The van der Waals surface area contributed by atoms with Crippen molar-refractivity contribution in [3.8, 4) is 5.75 Å². The van der Waals surface area contributed by atoms with Gasteiger partial charge in [0.1, 0.15) is 0 Å². The molecule has 0 unspecified atom stereocenters. The summed E-state index contributed by atoms with van der Waals surface area (Å²) in [6.07, 6.45) is -1.25. The molecule has 0 spiro atoms. The van der Waals surface area contributed by atoms with E-state index in [0.29, 0.717) is 25.0 Å². The van der Waals surface area contributed by atoms with Crippen molar-refractivity contribution in [3.63, 3.8) is 0 Å². The van der Waals surface area contributed by atoms with Gasteiger partial charge in [-0.25, -0.2) is 22.0 Å². The van der Waals surface area contributed by atoms with Crippen molar-refractivity contribution in [2.75, 3.05) is 13.2 Å². The molecule has 2 aromatic carbocycles. The van der Waals surface area contributed by atoms with Crippen LogP contribution in [0.15, 0.2) is 24.3 Å². The fourth-order valence-corrected chi connectivity index (χ4v) is 4.46. The van der Waals surface area contributed by atoms with Crippen LogP contribution in [0.2, 0.25) is 0 Å². The summed E-state index contributed by atoms with van der Waals surface area (Å²) in [7, 11) is 0. The largest absolute Gasteiger partial charge is 0.427 e. The van der Waals surface area contributed by atoms with E-state index in [1.54, 1.807) is 0 Å². The summed E-state index contributed by atoms with van der Waals surface area (Å²) >= 11 is 0. The Labute approximate surface area is 191 Å². The second kappa shape index (κ2) is 9.73. The molecule has 0 atom stereocenters. The lowest BCUT2D eigenvalue weighted by Gasteiger charge is -2.37. The Bertz CT molecular complexity index is 983. The third-order valence-electron chi connectivity index (χ3n) is 6.49. The molecule has 0 bridgehead atoms. The van der Waals surface area contributed by atoms with Gasteiger partial charge in [0, 0.05) is 11.5 Å². The zero-order valence-electron chi connectivity index (χ0n) is 18.2. The topological polar surface area (TPSA) is 27.7 Å². The Morgan fingerprint density at radius 1 is 0.765 bits per heavy atom. The molecule has 0 amide bonds. The maximum absolute atomic E-state index is 14.5. The molecule has 1 saturated heterocycles. The molecule has 2 fully saturated rings. The Balaban J connectivity index is 1.45. The lowest BCUT2D eigenvalue weighted by atomic mass is 9.76. The van der Waals surface area contributed by atoms with E-state index in [1.807, 2.05) is 0 Å². The van der Waals surface area contributed by atoms with Gasteiger partial charge in [0.15, 0.2) is 41.1 Å². The van der Waals surface area contributed by atoms with Crippen molar-refractivity contribution in [3.05, 3.63) is 64.5 Å². The predicted octanol–water partition coefficient (Wildman–Crippen LogP) is 7.00. The fourth-order valence-electron chi connectivity index (χ4n) is 4.46. The molecular formula is C24H23F7O3. The average Bonchev–Trinajstić information content (AvgIpc) is 2.80. The third-order valence-corrected chi connectivity index (χ3v) is 6.49. The number of hydrogen-bond donors (Lipinski definition) is 0. The Kier molecular flexibility index (Phi) is 7.09. The van der Waals surface area contributed by atoms with Gasteiger partial charge >= 0.3 is 6.11 Å². The van der Waals surface area contributed by atoms with E-state index in [9.17, 15) is 30.7 Å². The molecular weight excluding hydrogens is 469 g/mol. The van der Waals surface area contributed by atoms with E-state index in [1.165, 1.54) is 0 Å². The molecule has 0 radical (unpaired) electrons. The van der Waals surface area contributed by atoms with Crippen LogP contribution in [0.3, 0.4) is 0 Å². The van der Waals surface area contributed by atoms with E-state index < -0.39 is 52.8 Å². The molecule has 2 aliphatic rings. The summed E-state index contributed by atoms with van der Waals surface area (Å²) in [6, 6.07) is 1.42. The van der Waals surface area contributed by atoms with E-state index in [4.69, 9.17) is 9.47 Å². The molecule has 1 saturated carbocycles. The molecule has 10 heteroatoms. The van der Waals surface area contributed by atoms with Crippen LogP contribution in [-0.2, 0) is 15.6 Å². The van der Waals surface area contributed by atoms with E-state index in [-0.39, 0.29) is 23.6 Å². The first-order valence-electron chi connectivity index (χ1n) is 11.0. The summed E-state index contributed by atoms with van der Waals surface area (Å²) in [5.41, 5.74) is -1.52. The maximum Gasteiger partial charge on any atom is 0.427 e. The van der Waals surface area contributed by atoms with Crippen LogP contribution in [-0.4, -0.2) is 13.2 Å². The zero-order chi connectivity index (χ0) is 24.6. The summed E-state index contributed by atoms with van der Waals surface area (Å²) < 4.78 is 113. The normalized spacial score (nSPS) is 25.9. The van der Waals surface area contributed by atoms with Crippen molar-refractivity contribution < 1.29 is 44.9 Å². The molecule has 1 heterocycles. The lowest BCUT2D eigenvalue weighted by Crippen LogP contribution is -2.34. The van der Waals surface area contributed by atoms with E-state index >= 15 is 0 Å². The molecule has 1 aliphatic heterocycles. The standard InChI is InChI=1S/C24H23F7O3/c1-12-2-4-13(5-3-12)15-10-32-23(33-11-15)14-6-19(27)22(20(28)7-14)34-24(30,31)16-8-17(25)21(29)18(26)9-16/h6-9,12-13,15,23H,2-5,10-11H2,1H3. The van der Waals surface area contributed by atoms with Crippen LogP contribution in [0.25, 0.3) is 0 Å². The highest BCUT2D eigenvalue weighted by Gasteiger charge is 2.39. The van der Waals surface area contributed by atoms with Gasteiger partial charge in [-0.15, -0.1) is 0 Å². The van der Waals surface area contributed by atoms with Gasteiger partial charge in [0.25, 0.3) is 0 Å². The number of benzene rings is 2. The highest BCUT2D eigenvalue weighted by Crippen LogP contribution is 2.39. The minimum Gasteiger partial charge on any atom is -0.423 e. The van der Waals surface area contributed by atoms with Crippen LogP contribution < -0.4 is 4.74 Å². The SMILES string of the molecule is CC1CCC(C2COC(c3cc(F)c(OC(F)(F)c4cc(F)c(F)c(F)c4)c(F)c3)OC2)CC1. The van der Waals surface area contributed by atoms with Crippen molar-refractivity contribution in [2.45, 2.75) is 45.0 Å². The Morgan fingerprint density at radius 2 is 1.29 bits per heavy atom. The average molecular weight is 492 g/mol. The minimum absolute atomic E-state index is 0.0182. The Hall–Kier alpha value is -2.33. The summed E-state index contributed by atoms with van der Waals surface area (Å²) in [5, 5.41) is 0. The van der Waals surface area contributed by atoms with Gasteiger partial charge in [0.05, 0.1) is 18.8 Å². The molecule has 0 N–H and O–H groups in total. The highest BCUT2D eigenvalue weighted by atomic mass is 19.3. The molecule has 4 rings (SSSR count). The summed E-state index contributed by atoms with van der Waals surface area (Å²) in [5.74, 6) is -8.92. The van der Waals surface area contributed by atoms with Gasteiger partial charge in [-0.2, -0.15) is 8.78 Å². The Morgan fingerprint density at radius 3 is 1.82 bits per heavy atom. The zero-order valence-corrected chi connectivity index (χ0v) is 18.2. The number of alkyl halides is 2. The van der Waals surface area contributed by atoms with Crippen molar-refractivity contribution in [1.82, 2.24) is 0 Å². The van der Waals surface area contributed by atoms with Gasteiger partial charge in [-0.05, 0) is 48.9 Å². The van der Waals surface area contributed by atoms with Gasteiger partial charge in [-0.1, -0.05) is 19.8 Å². The van der Waals surface area contributed by atoms with Gasteiger partial charge < -0.3 is 14.2 Å². The minimum atomic E-state index is -4.55. The van der Waals surface area contributed by atoms with E-state index in [0.717, 1.165) is 37.8 Å². The predicted molar refractivity (Wildman–Crippen MR) is 106 cm³/mol. The molecule has 186 valence electrons. The van der Waals surface area contributed by atoms with Crippen LogP contribution in [0.4, 0.5) is 30.7 Å². The first kappa shape index (κ1) is 24.8. The lowest BCUT2D eigenvalue weighted by molar-refractivity contribution is -0.215. The van der Waals surface area contributed by atoms with Crippen molar-refractivity contribution in [2.24, 2.45) is 17.8 Å². The fraction of sp³-hybridized carbons (Fsp3) is 0.500. The number of hydrogen-bond acceptors (Lipinski definition) is 3. The number of halogens is 7. The molecule has 3 nitrogen and oxygen atoms in total. The first-order valence-corrected chi connectivity index (χ1v) is 11.0. The van der Waals surface area contributed by atoms with Gasteiger partial charge in [0.2, 0.25) is 0 Å². The third kappa shape index (κ3) is 5.17. The first-order chi connectivity index (χ1) is 16.0. The van der Waals surface area contributed by atoms with Crippen LogP contribution >= 0.6 is 0 Å². The molecule has 34 heavy (non-hydrogen) atoms. The van der Waals surface area contributed by atoms with Crippen LogP contribution in [0.1, 0.15) is 50.0 Å². The van der Waals surface area contributed by atoms with Crippen molar-refractivity contribution >= 4 is 0 Å². The van der Waals surface area contributed by atoms with Crippen LogP contribution in [0.5, 0.6) is 5.75 Å². The van der Waals surface area contributed by atoms with Crippen molar-refractivity contribution in [1.29, 1.82) is 0 Å². The van der Waals surface area contributed by atoms with Gasteiger partial charge in [-0.3, -0.25) is 0 Å². The quantitative estimate of drug-likeness (QED) is 0.332. The summed E-state index contributed by atoms with van der Waals surface area (Å²) in [4.78, 5) is 0. The molecule has 0 aromatic heterocycles. The van der Waals surface area contributed by atoms with E-state index in [2.05, 4.69) is 11.7 Å². The smallest absolute Gasteiger partial charge is 0.423 e. The molecule has 1 aliphatic carbocycles. The second-order valence-corrected chi connectivity index (χ2v) is 8.97.